The van der Waals surface area contributed by atoms with Gasteiger partial charge >= 0.3 is 0 Å². The number of hydrogen-bond acceptors (Lipinski definition) is 5. The van der Waals surface area contributed by atoms with Crippen LogP contribution in [-0.2, 0) is 22.6 Å². The first-order valence-corrected chi connectivity index (χ1v) is 11.4. The Bertz CT molecular complexity index is 955. The van der Waals surface area contributed by atoms with Crippen LogP contribution in [0.3, 0.4) is 0 Å². The fraction of sp³-hybridized carbons (Fsp3) is 0.545. The van der Waals surface area contributed by atoms with Gasteiger partial charge in [0.15, 0.2) is 5.82 Å². The second-order valence-electron chi connectivity index (χ2n) is 7.68. The molecule has 0 unspecified atom stereocenters. The molecule has 1 aromatic carbocycles. The van der Waals surface area contributed by atoms with Gasteiger partial charge in [0.2, 0.25) is 0 Å². The van der Waals surface area contributed by atoms with E-state index in [4.69, 9.17) is 19.4 Å². The lowest BCUT2D eigenvalue weighted by molar-refractivity contribution is -0.0310. The van der Waals surface area contributed by atoms with Crippen LogP contribution in [-0.4, -0.2) is 45.7 Å². The number of ether oxygens (including phenoxy) is 2. The minimum Gasteiger partial charge on any atom is -0.374 e. The van der Waals surface area contributed by atoms with Crippen molar-refractivity contribution in [3.05, 3.63) is 30.1 Å². The number of fused-ring (bicyclic) bond motifs is 3. The third-order valence-electron chi connectivity index (χ3n) is 4.89. The van der Waals surface area contributed by atoms with Gasteiger partial charge < -0.3 is 19.4 Å². The number of halogens is 1. The van der Waals surface area contributed by atoms with Crippen LogP contribution in [0.4, 0.5) is 5.82 Å². The van der Waals surface area contributed by atoms with Gasteiger partial charge in [-0.3, -0.25) is 0 Å². The van der Waals surface area contributed by atoms with E-state index in [1.54, 1.807) is 0 Å². The van der Waals surface area contributed by atoms with Crippen molar-refractivity contribution >= 4 is 43.7 Å². The summed E-state index contributed by atoms with van der Waals surface area (Å²) in [4.78, 5) is 9.68. The maximum atomic E-state index is 6.24. The number of alkyl halides is 1. The monoisotopic (exact) mass is 462 g/mol. The average molecular weight is 463 g/mol. The van der Waals surface area contributed by atoms with Crippen molar-refractivity contribution in [3.8, 4) is 0 Å². The van der Waals surface area contributed by atoms with Crippen molar-refractivity contribution in [2.45, 2.75) is 52.4 Å². The highest BCUT2D eigenvalue weighted by atomic mass is 79.9. The Hall–Kier alpha value is -1.70. The number of anilines is 1. The van der Waals surface area contributed by atoms with Crippen molar-refractivity contribution in [2.24, 2.45) is 0 Å². The number of pyridine rings is 1. The van der Waals surface area contributed by atoms with E-state index in [1.165, 1.54) is 0 Å². The number of rotatable bonds is 11. The average Bonchev–Trinajstić information content (AvgIpc) is 3.07. The number of unbranched alkanes of at least 4 members (excludes halogenated alkanes) is 1. The smallest absolute Gasteiger partial charge is 0.154 e. The third-order valence-corrected chi connectivity index (χ3v) is 5.45. The molecule has 0 aliphatic rings. The zero-order valence-corrected chi connectivity index (χ0v) is 19.4. The second kappa shape index (κ2) is 9.87. The molecule has 6 nitrogen and oxygen atoms in total. The summed E-state index contributed by atoms with van der Waals surface area (Å²) < 4.78 is 14.2. The quantitative estimate of drug-likeness (QED) is 0.316. The molecule has 0 fully saturated rings. The lowest BCUT2D eigenvalue weighted by Gasteiger charge is -2.27. The van der Waals surface area contributed by atoms with Crippen LogP contribution in [0.5, 0.6) is 0 Å². The van der Waals surface area contributed by atoms with E-state index in [1.807, 2.05) is 32.2 Å². The molecule has 158 valence electrons. The molecule has 1 N–H and O–H groups in total. The van der Waals surface area contributed by atoms with E-state index in [-0.39, 0.29) is 5.60 Å². The summed E-state index contributed by atoms with van der Waals surface area (Å²) in [5.41, 5.74) is 2.57. The van der Waals surface area contributed by atoms with Crippen LogP contribution in [0.1, 0.15) is 39.4 Å². The van der Waals surface area contributed by atoms with E-state index < -0.39 is 0 Å². The molecule has 3 rings (SSSR count). The highest BCUT2D eigenvalue weighted by Gasteiger charge is 2.25. The largest absolute Gasteiger partial charge is 0.374 e. The van der Waals surface area contributed by atoms with Gasteiger partial charge in [0.05, 0.1) is 23.2 Å². The molecule has 29 heavy (non-hydrogen) atoms. The van der Waals surface area contributed by atoms with Crippen molar-refractivity contribution in [3.63, 3.8) is 0 Å². The maximum Gasteiger partial charge on any atom is 0.154 e. The van der Waals surface area contributed by atoms with Gasteiger partial charge in [-0.05, 0) is 39.7 Å². The van der Waals surface area contributed by atoms with Crippen LogP contribution in [0.15, 0.2) is 24.3 Å². The fourth-order valence-electron chi connectivity index (χ4n) is 3.50. The van der Waals surface area contributed by atoms with Gasteiger partial charge in [0.25, 0.3) is 0 Å². The number of nitrogens with one attached hydrogen (secondary N) is 1. The molecule has 3 aromatic rings. The molecule has 0 aliphatic heterocycles. The van der Waals surface area contributed by atoms with Crippen LogP contribution in [0, 0.1) is 0 Å². The molecular weight excluding hydrogens is 432 g/mol. The van der Waals surface area contributed by atoms with Gasteiger partial charge in [-0.15, -0.1) is 0 Å². The van der Waals surface area contributed by atoms with Gasteiger partial charge in [-0.25, -0.2) is 9.97 Å². The normalized spacial score (nSPS) is 12.2. The molecule has 2 aromatic heterocycles. The summed E-state index contributed by atoms with van der Waals surface area (Å²) in [7, 11) is 1.88. The highest BCUT2D eigenvalue weighted by Crippen LogP contribution is 2.31. The number of benzene rings is 1. The third kappa shape index (κ3) is 5.08. The van der Waals surface area contributed by atoms with Crippen LogP contribution < -0.4 is 5.32 Å². The lowest BCUT2D eigenvalue weighted by Crippen LogP contribution is -2.32. The SMILES string of the molecule is CCOCc1nc2c(NC)nc3ccccc3c2n1CC(C)(C)OCCCCBr. The Balaban J connectivity index is 2.08. The fourth-order valence-corrected chi connectivity index (χ4v) is 3.90. The van der Waals surface area contributed by atoms with Crippen molar-refractivity contribution in [1.29, 1.82) is 0 Å². The number of imidazole rings is 1. The molecule has 7 heteroatoms. The van der Waals surface area contributed by atoms with Crippen molar-refractivity contribution in [2.75, 3.05) is 30.9 Å². The molecular formula is C22H31BrN4O2. The van der Waals surface area contributed by atoms with E-state index in [0.717, 1.165) is 58.4 Å². The maximum absolute atomic E-state index is 6.24. The molecule has 2 heterocycles. The van der Waals surface area contributed by atoms with Crippen LogP contribution in [0.25, 0.3) is 21.9 Å². The predicted octanol–water partition coefficient (Wildman–Crippen LogP) is 5.13. The molecule has 0 bridgehead atoms. The molecule has 0 radical (unpaired) electrons. The molecule has 0 aliphatic carbocycles. The Morgan fingerprint density at radius 2 is 1.97 bits per heavy atom. The van der Waals surface area contributed by atoms with Crippen LogP contribution >= 0.6 is 15.9 Å². The summed E-state index contributed by atoms with van der Waals surface area (Å²) in [5.74, 6) is 1.68. The lowest BCUT2D eigenvalue weighted by atomic mass is 10.1. The van der Waals surface area contributed by atoms with E-state index in [9.17, 15) is 0 Å². The zero-order chi connectivity index (χ0) is 20.9. The number of para-hydroxylation sites is 1. The van der Waals surface area contributed by atoms with Gasteiger partial charge in [-0.2, -0.15) is 0 Å². The summed E-state index contributed by atoms with van der Waals surface area (Å²) in [6, 6.07) is 8.21. The molecule has 0 saturated heterocycles. The second-order valence-corrected chi connectivity index (χ2v) is 8.47. The Kier molecular flexibility index (Phi) is 7.49. The number of nitrogens with zero attached hydrogens (tertiary/aromatic N) is 3. The first kappa shape index (κ1) is 22.0. The zero-order valence-electron chi connectivity index (χ0n) is 17.8. The molecule has 0 amide bonds. The Morgan fingerprint density at radius 1 is 1.17 bits per heavy atom. The predicted molar refractivity (Wildman–Crippen MR) is 123 cm³/mol. The number of aromatic nitrogens is 3. The van der Waals surface area contributed by atoms with Crippen molar-refractivity contribution in [1.82, 2.24) is 14.5 Å². The first-order valence-electron chi connectivity index (χ1n) is 10.2. The van der Waals surface area contributed by atoms with Gasteiger partial charge in [0.1, 0.15) is 17.9 Å². The standard InChI is InChI=1S/C22H31BrN4O2/c1-5-28-14-18-26-19-20(16-10-6-7-11-17(16)25-21(19)24-4)27(18)15-22(2,3)29-13-9-8-12-23/h6-7,10-11H,5,8-9,12-15H2,1-4H3,(H,24,25). The first-order chi connectivity index (χ1) is 14.0. The van der Waals surface area contributed by atoms with E-state index in [2.05, 4.69) is 45.7 Å². The highest BCUT2D eigenvalue weighted by molar-refractivity contribution is 9.09. The Morgan fingerprint density at radius 3 is 2.69 bits per heavy atom. The van der Waals surface area contributed by atoms with Gasteiger partial charge in [0, 0.05) is 31.0 Å². The summed E-state index contributed by atoms with van der Waals surface area (Å²) in [6.45, 7) is 8.82. The van der Waals surface area contributed by atoms with Gasteiger partial charge in [-0.1, -0.05) is 34.1 Å². The molecule has 0 saturated carbocycles. The van der Waals surface area contributed by atoms with Crippen molar-refractivity contribution < 1.29 is 9.47 Å². The number of hydrogen-bond donors (Lipinski definition) is 1. The van der Waals surface area contributed by atoms with Crippen LogP contribution in [0.2, 0.25) is 0 Å². The summed E-state index contributed by atoms with van der Waals surface area (Å²) in [5, 5.41) is 5.30. The molecule has 0 atom stereocenters. The topological polar surface area (TPSA) is 61.2 Å². The Labute approximate surface area is 181 Å². The van der Waals surface area contributed by atoms with E-state index in [0.29, 0.717) is 19.8 Å². The summed E-state index contributed by atoms with van der Waals surface area (Å²) >= 11 is 3.48. The minimum atomic E-state index is -0.328. The minimum absolute atomic E-state index is 0.328. The molecule has 0 spiro atoms. The van der Waals surface area contributed by atoms with E-state index >= 15 is 0 Å². The summed E-state index contributed by atoms with van der Waals surface area (Å²) in [6.07, 6.45) is 2.16.